The van der Waals surface area contributed by atoms with Gasteiger partial charge in [0.25, 0.3) is 0 Å². The van der Waals surface area contributed by atoms with Crippen LogP contribution in [0.25, 0.3) is 0 Å². The predicted octanol–water partition coefficient (Wildman–Crippen LogP) is 2.45. The van der Waals surface area contributed by atoms with Crippen LogP contribution in [0.4, 0.5) is 0 Å². The smallest absolute Gasteiger partial charge is 0.227 e. The highest BCUT2D eigenvalue weighted by Crippen LogP contribution is 2.44. The third-order valence-corrected chi connectivity index (χ3v) is 3.72. The van der Waals surface area contributed by atoms with E-state index in [1.807, 2.05) is 0 Å². The Labute approximate surface area is 106 Å². The van der Waals surface area contributed by atoms with E-state index in [9.17, 15) is 4.79 Å². The second-order valence-electron chi connectivity index (χ2n) is 5.84. The average molecular weight is 240 g/mol. The van der Waals surface area contributed by atoms with E-state index < -0.39 is 0 Å². The normalized spacial score (nSPS) is 17.2. The quantitative estimate of drug-likeness (QED) is 0.608. The van der Waals surface area contributed by atoms with E-state index in [0.717, 1.165) is 31.7 Å². The molecule has 1 amide bonds. The summed E-state index contributed by atoms with van der Waals surface area (Å²) >= 11 is 0. The van der Waals surface area contributed by atoms with Gasteiger partial charge in [-0.05, 0) is 25.2 Å². The fourth-order valence-corrected chi connectivity index (χ4v) is 2.10. The molecule has 3 nitrogen and oxygen atoms in total. The Morgan fingerprint density at radius 2 is 1.88 bits per heavy atom. The van der Waals surface area contributed by atoms with Gasteiger partial charge in [-0.2, -0.15) is 0 Å². The summed E-state index contributed by atoms with van der Waals surface area (Å²) in [6.45, 7) is 5.86. The largest absolute Gasteiger partial charge is 0.356 e. The maximum Gasteiger partial charge on any atom is 0.227 e. The number of nitrogens with two attached hydrogens (primary N) is 1. The molecule has 1 aliphatic rings. The average Bonchev–Trinajstić information content (AvgIpc) is 3.08. The van der Waals surface area contributed by atoms with Gasteiger partial charge in [-0.25, -0.2) is 0 Å². The zero-order valence-corrected chi connectivity index (χ0v) is 11.4. The first-order valence-corrected chi connectivity index (χ1v) is 7.09. The van der Waals surface area contributed by atoms with Gasteiger partial charge < -0.3 is 11.1 Å². The van der Waals surface area contributed by atoms with Crippen molar-refractivity contribution in [1.29, 1.82) is 0 Å². The number of amides is 1. The number of carbonyl (C=O) groups is 1. The van der Waals surface area contributed by atoms with Crippen LogP contribution in [0.3, 0.4) is 0 Å². The lowest BCUT2D eigenvalue weighted by Crippen LogP contribution is -2.37. The molecule has 17 heavy (non-hydrogen) atoms. The Hall–Kier alpha value is -0.570. The van der Waals surface area contributed by atoms with E-state index in [0.29, 0.717) is 6.54 Å². The first-order chi connectivity index (χ1) is 8.10. The molecular formula is C14H28N2O. The summed E-state index contributed by atoms with van der Waals surface area (Å²) in [5.41, 5.74) is 5.42. The number of nitrogens with one attached hydrogen (secondary N) is 1. The van der Waals surface area contributed by atoms with Gasteiger partial charge in [0.05, 0.1) is 5.41 Å². The van der Waals surface area contributed by atoms with Gasteiger partial charge in [-0.3, -0.25) is 4.79 Å². The third-order valence-electron chi connectivity index (χ3n) is 3.72. The van der Waals surface area contributed by atoms with Crippen molar-refractivity contribution in [1.82, 2.24) is 5.32 Å². The number of hydrogen-bond donors (Lipinski definition) is 2. The van der Waals surface area contributed by atoms with Crippen LogP contribution in [0.2, 0.25) is 0 Å². The fourth-order valence-electron chi connectivity index (χ4n) is 2.10. The summed E-state index contributed by atoms with van der Waals surface area (Å²) in [4.78, 5) is 11.7. The van der Waals surface area contributed by atoms with E-state index in [-0.39, 0.29) is 11.3 Å². The van der Waals surface area contributed by atoms with Crippen molar-refractivity contribution in [2.45, 2.75) is 58.8 Å². The van der Waals surface area contributed by atoms with Crippen LogP contribution in [-0.4, -0.2) is 19.0 Å². The molecule has 0 aromatic heterocycles. The van der Waals surface area contributed by atoms with Crippen LogP contribution in [0.5, 0.6) is 0 Å². The molecule has 100 valence electrons. The van der Waals surface area contributed by atoms with Crippen LogP contribution in [0.15, 0.2) is 0 Å². The maximum atomic E-state index is 11.7. The van der Waals surface area contributed by atoms with Crippen LogP contribution in [0.1, 0.15) is 58.8 Å². The molecule has 3 N–H and O–H groups in total. The standard InChI is InChI=1S/C14H28N2O/c1-12(2)7-5-3-4-6-10-16-13(17)14(11-15)8-9-14/h12H,3-11,15H2,1-2H3,(H,16,17). The van der Waals surface area contributed by atoms with E-state index in [1.54, 1.807) is 0 Å². The fraction of sp³-hybridized carbons (Fsp3) is 0.929. The molecule has 0 radical (unpaired) electrons. The first-order valence-electron chi connectivity index (χ1n) is 7.09. The minimum absolute atomic E-state index is 0.183. The van der Waals surface area contributed by atoms with Crippen molar-refractivity contribution in [2.24, 2.45) is 17.1 Å². The summed E-state index contributed by atoms with van der Waals surface area (Å²) in [5, 5.41) is 3.02. The molecule has 0 heterocycles. The predicted molar refractivity (Wildman–Crippen MR) is 71.7 cm³/mol. The molecule has 0 atom stereocenters. The highest BCUT2D eigenvalue weighted by molar-refractivity contribution is 5.85. The maximum absolute atomic E-state index is 11.7. The number of rotatable bonds is 9. The summed E-state index contributed by atoms with van der Waals surface area (Å²) in [6.07, 6.45) is 8.21. The van der Waals surface area contributed by atoms with Crippen molar-refractivity contribution in [3.8, 4) is 0 Å². The Balaban J connectivity index is 1.92. The van der Waals surface area contributed by atoms with Crippen LogP contribution >= 0.6 is 0 Å². The molecule has 0 saturated heterocycles. The lowest BCUT2D eigenvalue weighted by molar-refractivity contribution is -0.125. The molecule has 0 aromatic carbocycles. The van der Waals surface area contributed by atoms with Gasteiger partial charge in [-0.15, -0.1) is 0 Å². The lowest BCUT2D eigenvalue weighted by Gasteiger charge is -2.12. The monoisotopic (exact) mass is 240 g/mol. The number of carbonyl (C=O) groups excluding carboxylic acids is 1. The van der Waals surface area contributed by atoms with Gasteiger partial charge in [0.1, 0.15) is 0 Å². The summed E-state index contributed by atoms with van der Waals surface area (Å²) in [7, 11) is 0. The van der Waals surface area contributed by atoms with Crippen molar-refractivity contribution in [2.75, 3.05) is 13.1 Å². The molecule has 0 bridgehead atoms. The molecule has 1 saturated carbocycles. The molecular weight excluding hydrogens is 212 g/mol. The van der Waals surface area contributed by atoms with Gasteiger partial charge in [-0.1, -0.05) is 39.5 Å². The second kappa shape index (κ2) is 7.00. The Kier molecular flexibility index (Phi) is 5.96. The van der Waals surface area contributed by atoms with E-state index >= 15 is 0 Å². The van der Waals surface area contributed by atoms with E-state index in [2.05, 4.69) is 19.2 Å². The van der Waals surface area contributed by atoms with Gasteiger partial charge in [0, 0.05) is 13.1 Å². The molecule has 0 aromatic rings. The van der Waals surface area contributed by atoms with E-state index in [4.69, 9.17) is 5.73 Å². The summed E-state index contributed by atoms with van der Waals surface area (Å²) < 4.78 is 0. The zero-order chi connectivity index (χ0) is 12.7. The van der Waals surface area contributed by atoms with E-state index in [1.165, 1.54) is 25.7 Å². The number of unbranched alkanes of at least 4 members (excludes halogenated alkanes) is 3. The van der Waals surface area contributed by atoms with Crippen molar-refractivity contribution < 1.29 is 4.79 Å². The van der Waals surface area contributed by atoms with Crippen LogP contribution in [-0.2, 0) is 4.79 Å². The topological polar surface area (TPSA) is 55.1 Å². The molecule has 0 aliphatic heterocycles. The van der Waals surface area contributed by atoms with Crippen LogP contribution < -0.4 is 11.1 Å². The molecule has 0 unspecified atom stereocenters. The lowest BCUT2D eigenvalue weighted by atomic mass is 10.0. The highest BCUT2D eigenvalue weighted by Gasteiger charge is 2.48. The molecule has 1 rings (SSSR count). The molecule has 1 aliphatic carbocycles. The molecule has 0 spiro atoms. The van der Waals surface area contributed by atoms with Gasteiger partial charge in [0.2, 0.25) is 5.91 Å². The van der Waals surface area contributed by atoms with Crippen molar-refractivity contribution >= 4 is 5.91 Å². The third kappa shape index (κ3) is 5.07. The Morgan fingerprint density at radius 3 is 2.41 bits per heavy atom. The molecule has 1 fully saturated rings. The van der Waals surface area contributed by atoms with Crippen molar-refractivity contribution in [3.05, 3.63) is 0 Å². The first kappa shape index (κ1) is 14.5. The number of hydrogen-bond acceptors (Lipinski definition) is 2. The highest BCUT2D eigenvalue weighted by atomic mass is 16.2. The van der Waals surface area contributed by atoms with Crippen molar-refractivity contribution in [3.63, 3.8) is 0 Å². The Morgan fingerprint density at radius 1 is 1.24 bits per heavy atom. The van der Waals surface area contributed by atoms with Gasteiger partial charge >= 0.3 is 0 Å². The second-order valence-corrected chi connectivity index (χ2v) is 5.84. The van der Waals surface area contributed by atoms with Crippen LogP contribution in [0, 0.1) is 11.3 Å². The SMILES string of the molecule is CC(C)CCCCCCNC(=O)C1(CN)CC1. The van der Waals surface area contributed by atoms with Gasteiger partial charge in [0.15, 0.2) is 0 Å². The summed E-state index contributed by atoms with van der Waals surface area (Å²) in [6, 6.07) is 0. The summed E-state index contributed by atoms with van der Waals surface area (Å²) in [5.74, 6) is 0.996. The Bertz CT molecular complexity index is 234. The zero-order valence-electron chi connectivity index (χ0n) is 11.4. The molecule has 3 heteroatoms. The minimum Gasteiger partial charge on any atom is -0.356 e. The minimum atomic E-state index is -0.183.